The Morgan fingerprint density at radius 1 is 0.761 bits per heavy atom. The van der Waals surface area contributed by atoms with Crippen LogP contribution in [0.15, 0.2) is 54.7 Å². The summed E-state index contributed by atoms with van der Waals surface area (Å²) in [4.78, 5) is 120. The Labute approximate surface area is 405 Å². The molecule has 2 heterocycles. The van der Waals surface area contributed by atoms with Gasteiger partial charge in [0.05, 0.1) is 12.1 Å². The molecule has 390 valence electrons. The van der Waals surface area contributed by atoms with Gasteiger partial charge in [-0.05, 0) is 67.3 Å². The van der Waals surface area contributed by atoms with Crippen LogP contribution in [0.1, 0.15) is 71.4 Å². The fourth-order valence-electron chi connectivity index (χ4n) is 7.38. The number of para-hydroxylation sites is 1. The van der Waals surface area contributed by atoms with Crippen molar-refractivity contribution in [3.05, 3.63) is 65.9 Å². The van der Waals surface area contributed by atoms with Gasteiger partial charge in [-0.1, -0.05) is 58.0 Å². The number of aromatic hydroxyl groups is 1. The van der Waals surface area contributed by atoms with Crippen molar-refractivity contribution in [2.24, 2.45) is 23.3 Å². The van der Waals surface area contributed by atoms with Crippen LogP contribution in [0.4, 0.5) is 13.2 Å². The first-order valence-electron chi connectivity index (χ1n) is 22.5. The maximum atomic E-state index is 14.6. The van der Waals surface area contributed by atoms with Crippen LogP contribution in [0.2, 0.25) is 0 Å². The zero-order valence-electron chi connectivity index (χ0n) is 39.6. The Kier molecular flexibility index (Phi) is 21.3. The minimum absolute atomic E-state index is 0.0210. The number of carbonyl (C=O) groups excluding carboxylic acids is 7. The average Bonchev–Trinajstić information content (AvgIpc) is 3.95. The van der Waals surface area contributed by atoms with Crippen LogP contribution < -0.4 is 38.1 Å². The van der Waals surface area contributed by atoms with Gasteiger partial charge in [0.2, 0.25) is 41.4 Å². The third kappa shape index (κ3) is 17.3. The number of amides is 7. The second-order valence-electron chi connectivity index (χ2n) is 17.7. The van der Waals surface area contributed by atoms with Crippen LogP contribution in [0.5, 0.6) is 5.75 Å². The number of carboxylic acids is 2. The maximum absolute atomic E-state index is 14.6. The Balaban J connectivity index is 0.00000176. The van der Waals surface area contributed by atoms with E-state index in [0.29, 0.717) is 17.5 Å². The van der Waals surface area contributed by atoms with Crippen molar-refractivity contribution in [1.29, 1.82) is 0 Å². The molecule has 14 N–H and O–H groups in total. The number of alkyl halides is 3. The number of fused-ring (bicyclic) bond motifs is 1. The molecule has 0 spiro atoms. The number of nitrogens with zero attached hydrogens (tertiary/aromatic N) is 1. The van der Waals surface area contributed by atoms with Gasteiger partial charge in [0.25, 0.3) is 0 Å². The Hall–Kier alpha value is -7.28. The number of aromatic amines is 1. The minimum atomic E-state index is -5.08. The van der Waals surface area contributed by atoms with E-state index in [4.69, 9.17) is 21.4 Å². The van der Waals surface area contributed by atoms with Crippen LogP contribution in [-0.2, 0) is 56.0 Å². The first kappa shape index (κ1) is 58.0. The van der Waals surface area contributed by atoms with E-state index in [0.717, 1.165) is 10.9 Å². The molecule has 4 rings (SSSR count). The summed E-state index contributed by atoms with van der Waals surface area (Å²) in [5.41, 5.74) is 13.1. The molecular weight excluding hydrogens is 944 g/mol. The number of primary amides is 1. The number of aliphatic hydroxyl groups is 1. The molecule has 0 aliphatic carbocycles. The van der Waals surface area contributed by atoms with Crippen molar-refractivity contribution < 1.29 is 76.7 Å². The van der Waals surface area contributed by atoms with Gasteiger partial charge in [-0.2, -0.15) is 13.2 Å². The van der Waals surface area contributed by atoms with Gasteiger partial charge in [0.15, 0.2) is 0 Å². The van der Waals surface area contributed by atoms with Crippen LogP contribution >= 0.6 is 0 Å². The molecule has 71 heavy (non-hydrogen) atoms. The summed E-state index contributed by atoms with van der Waals surface area (Å²) in [7, 11) is 0. The Morgan fingerprint density at radius 3 is 1.89 bits per heavy atom. The highest BCUT2D eigenvalue weighted by Gasteiger charge is 2.41. The third-order valence-corrected chi connectivity index (χ3v) is 11.4. The molecule has 0 unspecified atom stereocenters. The summed E-state index contributed by atoms with van der Waals surface area (Å²) in [6.45, 7) is 8.28. The standard InChI is InChI=1S/C44H61N9O11.C2HF3O2/c1-22(2)35(46)40(59)51-36(23(3)4)41(60)50-32(19-25-12-14-27(55)15-13-25)43(62)53-18-8-11-33(53)39(58)49-31(20-26-21-47-29-10-7-6-9-28(26)29)38(57)52-37(24(5)54)42(61)48-30(44(63)64)16-17-34(45)56;3-2(4,5)1(6)7/h6-7,9-10,12-15,21-24,30-33,35-37,47,54-55H,8,11,16-20,46H2,1-5H3,(H2,45,56)(H,48,61)(H,49,58)(H,50,60)(H,51,59)(H,52,57)(H,63,64);(H,6,7)/t24-,30+,31+,32+,33+,35+,36+,37+;/m1./s1. The second kappa shape index (κ2) is 26.1. The van der Waals surface area contributed by atoms with Crippen LogP contribution in [0.25, 0.3) is 10.9 Å². The fraction of sp³-hybridized carbons (Fsp3) is 0.500. The molecule has 8 atom stereocenters. The van der Waals surface area contributed by atoms with Crippen molar-refractivity contribution in [3.8, 4) is 5.75 Å². The summed E-state index contributed by atoms with van der Waals surface area (Å²) < 4.78 is 31.7. The zero-order chi connectivity index (χ0) is 53.5. The highest BCUT2D eigenvalue weighted by molar-refractivity contribution is 5.98. The van der Waals surface area contributed by atoms with Crippen molar-refractivity contribution >= 4 is 64.2 Å². The number of hydrogen-bond acceptors (Lipinski definition) is 12. The van der Waals surface area contributed by atoms with Gasteiger partial charge in [-0.25, -0.2) is 9.59 Å². The lowest BCUT2D eigenvalue weighted by Crippen LogP contribution is -2.61. The lowest BCUT2D eigenvalue weighted by atomic mass is 9.98. The lowest BCUT2D eigenvalue weighted by molar-refractivity contribution is -0.192. The molecule has 7 amide bonds. The molecule has 1 aliphatic rings. The monoisotopic (exact) mass is 1010 g/mol. The normalized spacial score (nSPS) is 16.5. The summed E-state index contributed by atoms with van der Waals surface area (Å²) in [5, 5.41) is 50.9. The SMILES string of the molecule is CC(C)[C@H](N)C(=O)N[C@H](C(=O)N[C@@H](Cc1ccc(O)cc1)C(=O)N1CCC[C@H]1C(=O)N[C@@H](Cc1c[nH]c2ccccc12)C(=O)N[C@H](C(=O)N[C@@H](CCC(N)=O)C(=O)O)[C@@H](C)O)C(C)C.O=C(O)C(F)(F)F. The first-order valence-corrected chi connectivity index (χ1v) is 22.5. The summed E-state index contributed by atoms with van der Waals surface area (Å²) >= 11 is 0. The largest absolute Gasteiger partial charge is 0.508 e. The molecule has 0 radical (unpaired) electrons. The number of H-pyrrole nitrogens is 1. The number of phenolic OH excluding ortho intramolecular Hbond substituents is 1. The number of aromatic nitrogens is 1. The molecule has 22 nitrogen and oxygen atoms in total. The van der Waals surface area contributed by atoms with E-state index in [1.165, 1.54) is 24.0 Å². The quantitative estimate of drug-likeness (QED) is 0.0635. The van der Waals surface area contributed by atoms with Gasteiger partial charge in [0.1, 0.15) is 42.0 Å². The molecule has 1 saturated heterocycles. The molecule has 0 saturated carbocycles. The topological polar surface area (TPSA) is 366 Å². The molecule has 3 aromatic rings. The number of carbonyl (C=O) groups is 9. The van der Waals surface area contributed by atoms with E-state index >= 15 is 0 Å². The second-order valence-corrected chi connectivity index (χ2v) is 17.7. The van der Waals surface area contributed by atoms with E-state index in [1.54, 1.807) is 64.2 Å². The molecule has 1 aliphatic heterocycles. The van der Waals surface area contributed by atoms with Crippen molar-refractivity contribution in [3.63, 3.8) is 0 Å². The fourth-order valence-corrected chi connectivity index (χ4v) is 7.38. The number of phenols is 1. The Morgan fingerprint density at radius 2 is 1.34 bits per heavy atom. The van der Waals surface area contributed by atoms with Gasteiger partial charge < -0.3 is 68.4 Å². The number of likely N-dealkylation sites (tertiary alicyclic amines) is 1. The van der Waals surface area contributed by atoms with Crippen LogP contribution in [0.3, 0.4) is 0 Å². The third-order valence-electron chi connectivity index (χ3n) is 11.4. The van der Waals surface area contributed by atoms with E-state index < -0.39 is 114 Å². The predicted molar refractivity (Wildman–Crippen MR) is 247 cm³/mol. The minimum Gasteiger partial charge on any atom is -0.508 e. The molecule has 1 aromatic heterocycles. The smallest absolute Gasteiger partial charge is 0.490 e. The number of rotatable bonds is 22. The molecule has 2 aromatic carbocycles. The maximum Gasteiger partial charge on any atom is 0.490 e. The van der Waals surface area contributed by atoms with E-state index in [-0.39, 0.29) is 50.3 Å². The van der Waals surface area contributed by atoms with Crippen LogP contribution in [0, 0.1) is 11.8 Å². The molecule has 25 heteroatoms. The van der Waals surface area contributed by atoms with Gasteiger partial charge >= 0.3 is 18.1 Å². The Bertz CT molecular complexity index is 2380. The van der Waals surface area contributed by atoms with E-state index in [1.807, 2.05) is 6.07 Å². The summed E-state index contributed by atoms with van der Waals surface area (Å²) in [6, 6.07) is 4.15. The van der Waals surface area contributed by atoms with Gasteiger partial charge in [-0.15, -0.1) is 0 Å². The number of aliphatic carboxylic acids is 2. The number of aliphatic hydroxyl groups excluding tert-OH is 1. The summed E-state index contributed by atoms with van der Waals surface area (Å²) in [5.74, 6) is -10.3. The highest BCUT2D eigenvalue weighted by Crippen LogP contribution is 2.23. The number of nitrogens with two attached hydrogens (primary N) is 2. The zero-order valence-corrected chi connectivity index (χ0v) is 39.6. The number of nitrogens with one attached hydrogen (secondary N) is 6. The predicted octanol–water partition coefficient (Wildman–Crippen LogP) is 0.0772. The van der Waals surface area contributed by atoms with E-state index in [2.05, 4.69) is 31.6 Å². The van der Waals surface area contributed by atoms with Crippen LogP contribution in [-0.4, -0.2) is 145 Å². The molecule has 1 fully saturated rings. The molecular formula is C46H62F3N9O13. The number of hydrogen-bond donors (Lipinski definition) is 12. The number of carboxylic acid groups (broad SMARTS) is 2. The summed E-state index contributed by atoms with van der Waals surface area (Å²) in [6.07, 6.45) is -5.34. The lowest BCUT2D eigenvalue weighted by Gasteiger charge is -2.32. The van der Waals surface area contributed by atoms with Crippen molar-refractivity contribution in [1.82, 2.24) is 36.5 Å². The van der Waals surface area contributed by atoms with Gasteiger partial charge in [-0.3, -0.25) is 33.6 Å². The first-order chi connectivity index (χ1) is 33.1. The van der Waals surface area contributed by atoms with Gasteiger partial charge in [0, 0.05) is 42.9 Å². The number of halogens is 3. The van der Waals surface area contributed by atoms with E-state index in [9.17, 15) is 66.8 Å². The molecule has 0 bridgehead atoms. The highest BCUT2D eigenvalue weighted by atomic mass is 19.4. The number of benzene rings is 2. The van der Waals surface area contributed by atoms with Crippen molar-refractivity contribution in [2.75, 3.05) is 6.54 Å². The average molecular weight is 1010 g/mol. The van der Waals surface area contributed by atoms with Crippen molar-refractivity contribution in [2.45, 2.75) is 128 Å².